The molecule has 14 heavy (non-hydrogen) atoms. The van der Waals surface area contributed by atoms with Crippen LogP contribution in [0.25, 0.3) is 0 Å². The maximum absolute atomic E-state index is 11.1. The van der Waals surface area contributed by atoms with Crippen molar-refractivity contribution in [1.82, 2.24) is 10.2 Å². The second-order valence-electron chi connectivity index (χ2n) is 3.95. The van der Waals surface area contributed by atoms with E-state index in [2.05, 4.69) is 5.32 Å². The predicted octanol–water partition coefficient (Wildman–Crippen LogP) is 0.0441. The lowest BCUT2D eigenvalue weighted by Crippen LogP contribution is -2.47. The van der Waals surface area contributed by atoms with Gasteiger partial charge in [-0.25, -0.2) is 0 Å². The highest BCUT2D eigenvalue weighted by Crippen LogP contribution is 2.02. The zero-order valence-corrected chi connectivity index (χ0v) is 9.76. The van der Waals surface area contributed by atoms with Crippen molar-refractivity contribution in [3.05, 3.63) is 0 Å². The second-order valence-corrected chi connectivity index (χ2v) is 4.33. The molecular weight excluding hydrogens is 204 g/mol. The summed E-state index contributed by atoms with van der Waals surface area (Å²) in [4.78, 5) is 12.9. The predicted molar refractivity (Wildman–Crippen MR) is 57.5 cm³/mol. The van der Waals surface area contributed by atoms with Crippen molar-refractivity contribution < 1.29 is 9.90 Å². The highest BCUT2D eigenvalue weighted by atomic mass is 35.5. The number of nitrogens with zero attached hydrogens (tertiary/aromatic N) is 1. The number of nitrogens with one attached hydrogen (secondary N) is 1. The van der Waals surface area contributed by atoms with Crippen LogP contribution in [0.3, 0.4) is 0 Å². The van der Waals surface area contributed by atoms with E-state index in [0.717, 1.165) is 0 Å². The third-order valence-corrected chi connectivity index (χ3v) is 1.83. The van der Waals surface area contributed by atoms with E-state index in [0.29, 0.717) is 18.8 Å². The summed E-state index contributed by atoms with van der Waals surface area (Å²) in [7, 11) is 3.74. The molecule has 0 saturated heterocycles. The van der Waals surface area contributed by atoms with Crippen LogP contribution in [0.2, 0.25) is 0 Å². The molecule has 0 saturated carbocycles. The van der Waals surface area contributed by atoms with Gasteiger partial charge in [0.15, 0.2) is 0 Å². The Bertz CT molecular complexity index is 184. The van der Waals surface area contributed by atoms with Crippen molar-refractivity contribution in [3.63, 3.8) is 0 Å². The van der Waals surface area contributed by atoms with Gasteiger partial charge in [0.1, 0.15) is 0 Å². The molecule has 0 fully saturated rings. The third kappa shape index (κ3) is 7.12. The standard InChI is InChI=1S/C9H19ClN2O2/c1-9(14,7-12(2)3)6-11-8(13)4-5-10/h14H,4-7H2,1-3H3,(H,11,13). The fraction of sp³-hybridized carbons (Fsp3) is 0.889. The van der Waals surface area contributed by atoms with Crippen LogP contribution in [0.5, 0.6) is 0 Å². The van der Waals surface area contributed by atoms with E-state index >= 15 is 0 Å². The molecule has 84 valence electrons. The Hall–Kier alpha value is -0.320. The Morgan fingerprint density at radius 3 is 2.57 bits per heavy atom. The van der Waals surface area contributed by atoms with Crippen LogP contribution in [-0.4, -0.2) is 54.6 Å². The Kier molecular flexibility index (Phi) is 6.08. The molecule has 1 unspecified atom stereocenters. The van der Waals surface area contributed by atoms with Crippen LogP contribution in [0.4, 0.5) is 0 Å². The fourth-order valence-electron chi connectivity index (χ4n) is 1.20. The van der Waals surface area contributed by atoms with Gasteiger partial charge in [0.25, 0.3) is 0 Å². The van der Waals surface area contributed by atoms with Crippen LogP contribution in [0, 0.1) is 0 Å². The summed E-state index contributed by atoms with van der Waals surface area (Å²) in [5, 5.41) is 12.4. The molecule has 0 radical (unpaired) electrons. The van der Waals surface area contributed by atoms with Crippen LogP contribution in [-0.2, 0) is 4.79 Å². The Labute approximate surface area is 90.2 Å². The first-order valence-corrected chi connectivity index (χ1v) is 5.10. The molecule has 4 nitrogen and oxygen atoms in total. The van der Waals surface area contributed by atoms with Gasteiger partial charge in [0, 0.05) is 25.4 Å². The molecule has 0 bridgehead atoms. The van der Waals surface area contributed by atoms with E-state index in [9.17, 15) is 9.90 Å². The van der Waals surface area contributed by atoms with Gasteiger partial charge in [-0.2, -0.15) is 0 Å². The van der Waals surface area contributed by atoms with Gasteiger partial charge in [0.2, 0.25) is 5.91 Å². The number of likely N-dealkylation sites (N-methyl/N-ethyl adjacent to an activating group) is 1. The summed E-state index contributed by atoms with van der Waals surface area (Å²) in [5.74, 6) is 0.181. The number of carbonyl (C=O) groups is 1. The van der Waals surface area contributed by atoms with Crippen molar-refractivity contribution >= 4 is 17.5 Å². The van der Waals surface area contributed by atoms with E-state index in [-0.39, 0.29) is 12.5 Å². The van der Waals surface area contributed by atoms with Gasteiger partial charge in [-0.1, -0.05) is 0 Å². The molecule has 0 aliphatic heterocycles. The summed E-state index contributed by atoms with van der Waals surface area (Å²) >= 11 is 5.40. The molecule has 2 N–H and O–H groups in total. The van der Waals surface area contributed by atoms with Crippen molar-refractivity contribution in [2.45, 2.75) is 18.9 Å². The molecule has 0 aromatic rings. The Morgan fingerprint density at radius 2 is 2.14 bits per heavy atom. The Balaban J connectivity index is 3.80. The lowest BCUT2D eigenvalue weighted by Gasteiger charge is -2.27. The quantitative estimate of drug-likeness (QED) is 0.625. The number of hydrogen-bond donors (Lipinski definition) is 2. The van der Waals surface area contributed by atoms with Gasteiger partial charge in [-0.15, -0.1) is 11.6 Å². The molecule has 0 aliphatic rings. The number of rotatable bonds is 6. The van der Waals surface area contributed by atoms with Crippen molar-refractivity contribution in [3.8, 4) is 0 Å². The molecule has 0 aliphatic carbocycles. The summed E-state index contributed by atoms with van der Waals surface area (Å²) in [6.45, 7) is 2.45. The normalized spacial score (nSPS) is 15.3. The number of carbonyl (C=O) groups excluding carboxylic acids is 1. The second kappa shape index (κ2) is 6.22. The first-order chi connectivity index (χ1) is 6.37. The van der Waals surface area contributed by atoms with E-state index in [4.69, 9.17) is 11.6 Å². The van der Waals surface area contributed by atoms with Crippen molar-refractivity contribution in [1.29, 1.82) is 0 Å². The first-order valence-electron chi connectivity index (χ1n) is 4.57. The molecule has 1 amide bonds. The minimum atomic E-state index is -0.897. The largest absolute Gasteiger partial charge is 0.387 e. The fourth-order valence-corrected chi connectivity index (χ4v) is 1.37. The van der Waals surface area contributed by atoms with Crippen molar-refractivity contribution in [2.75, 3.05) is 33.1 Å². The van der Waals surface area contributed by atoms with Gasteiger partial charge in [-0.3, -0.25) is 4.79 Å². The number of amides is 1. The zero-order chi connectivity index (χ0) is 11.2. The van der Waals surface area contributed by atoms with Crippen LogP contribution in [0.1, 0.15) is 13.3 Å². The van der Waals surface area contributed by atoms with Gasteiger partial charge >= 0.3 is 0 Å². The van der Waals surface area contributed by atoms with E-state index < -0.39 is 5.60 Å². The monoisotopic (exact) mass is 222 g/mol. The molecule has 0 heterocycles. The maximum atomic E-state index is 11.1. The average Bonchev–Trinajstić information content (AvgIpc) is 1.99. The topological polar surface area (TPSA) is 52.6 Å². The minimum absolute atomic E-state index is 0.126. The highest BCUT2D eigenvalue weighted by molar-refractivity contribution is 6.18. The lowest BCUT2D eigenvalue weighted by atomic mass is 10.1. The SMILES string of the molecule is CN(C)CC(C)(O)CNC(=O)CCCl. The zero-order valence-electron chi connectivity index (χ0n) is 9.01. The van der Waals surface area contributed by atoms with Crippen LogP contribution >= 0.6 is 11.6 Å². The number of alkyl halides is 1. The molecule has 0 aromatic carbocycles. The number of aliphatic hydroxyl groups is 1. The van der Waals surface area contributed by atoms with E-state index in [1.807, 2.05) is 19.0 Å². The lowest BCUT2D eigenvalue weighted by molar-refractivity contribution is -0.121. The molecule has 1 atom stereocenters. The van der Waals surface area contributed by atoms with E-state index in [1.165, 1.54) is 0 Å². The van der Waals surface area contributed by atoms with Crippen molar-refractivity contribution in [2.24, 2.45) is 0 Å². The average molecular weight is 223 g/mol. The molecule has 0 rings (SSSR count). The Morgan fingerprint density at radius 1 is 1.57 bits per heavy atom. The van der Waals surface area contributed by atoms with E-state index in [1.54, 1.807) is 6.92 Å². The third-order valence-electron chi connectivity index (χ3n) is 1.64. The van der Waals surface area contributed by atoms with Crippen LogP contribution in [0.15, 0.2) is 0 Å². The smallest absolute Gasteiger partial charge is 0.221 e. The first kappa shape index (κ1) is 13.7. The number of halogens is 1. The summed E-state index contributed by atoms with van der Waals surface area (Å²) in [5.41, 5.74) is -0.897. The van der Waals surface area contributed by atoms with Gasteiger partial charge < -0.3 is 15.3 Å². The molecular formula is C9H19ClN2O2. The van der Waals surface area contributed by atoms with Crippen LogP contribution < -0.4 is 5.32 Å². The number of hydrogen-bond acceptors (Lipinski definition) is 3. The maximum Gasteiger partial charge on any atom is 0.221 e. The summed E-state index contributed by atoms with van der Waals surface area (Å²) in [6.07, 6.45) is 0.291. The molecule has 0 spiro atoms. The summed E-state index contributed by atoms with van der Waals surface area (Å²) < 4.78 is 0. The van der Waals surface area contributed by atoms with Gasteiger partial charge in [0.05, 0.1) is 5.60 Å². The minimum Gasteiger partial charge on any atom is -0.387 e. The molecule has 0 aromatic heterocycles. The van der Waals surface area contributed by atoms with Gasteiger partial charge in [-0.05, 0) is 21.0 Å². The summed E-state index contributed by atoms with van der Waals surface area (Å²) in [6, 6.07) is 0. The highest BCUT2D eigenvalue weighted by Gasteiger charge is 2.21. The molecule has 5 heteroatoms.